The molecule has 0 aliphatic carbocycles. The molecule has 15 heavy (non-hydrogen) atoms. The maximum Gasteiger partial charge on any atom is 0.162 e. The SMILES string of the molecule is COCc1nc(-c2ccco2)sc1CN. The zero-order chi connectivity index (χ0) is 10.7. The van der Waals surface area contributed by atoms with E-state index < -0.39 is 0 Å². The van der Waals surface area contributed by atoms with Gasteiger partial charge in [-0.1, -0.05) is 0 Å². The van der Waals surface area contributed by atoms with Crippen molar-refractivity contribution in [2.24, 2.45) is 5.73 Å². The number of methoxy groups -OCH3 is 1. The molecule has 2 N–H and O–H groups in total. The van der Waals surface area contributed by atoms with Gasteiger partial charge in [0.25, 0.3) is 0 Å². The van der Waals surface area contributed by atoms with Gasteiger partial charge in [0, 0.05) is 18.5 Å². The summed E-state index contributed by atoms with van der Waals surface area (Å²) in [5.74, 6) is 0.775. The summed E-state index contributed by atoms with van der Waals surface area (Å²) in [6, 6.07) is 3.73. The number of thiazole rings is 1. The van der Waals surface area contributed by atoms with Crippen molar-refractivity contribution in [2.45, 2.75) is 13.2 Å². The summed E-state index contributed by atoms with van der Waals surface area (Å²) in [6.45, 7) is 0.973. The number of nitrogens with two attached hydrogens (primary N) is 1. The molecule has 0 aromatic carbocycles. The van der Waals surface area contributed by atoms with Gasteiger partial charge in [-0.05, 0) is 12.1 Å². The largest absolute Gasteiger partial charge is 0.462 e. The highest BCUT2D eigenvalue weighted by atomic mass is 32.1. The molecule has 0 aliphatic rings. The van der Waals surface area contributed by atoms with E-state index in [-0.39, 0.29) is 0 Å². The number of aromatic nitrogens is 1. The molecule has 4 nitrogen and oxygen atoms in total. The molecule has 2 rings (SSSR count). The maximum absolute atomic E-state index is 5.63. The Morgan fingerprint density at radius 2 is 2.47 bits per heavy atom. The van der Waals surface area contributed by atoms with E-state index in [2.05, 4.69) is 4.98 Å². The normalized spacial score (nSPS) is 10.8. The van der Waals surface area contributed by atoms with Gasteiger partial charge in [-0.15, -0.1) is 11.3 Å². The van der Waals surface area contributed by atoms with Gasteiger partial charge in [0.1, 0.15) is 0 Å². The van der Waals surface area contributed by atoms with Crippen molar-refractivity contribution in [3.8, 4) is 10.8 Å². The lowest BCUT2D eigenvalue weighted by Crippen LogP contribution is -1.99. The van der Waals surface area contributed by atoms with Crippen LogP contribution in [0.1, 0.15) is 10.6 Å². The van der Waals surface area contributed by atoms with Crippen LogP contribution in [0.2, 0.25) is 0 Å². The van der Waals surface area contributed by atoms with Crippen LogP contribution in [0.4, 0.5) is 0 Å². The smallest absolute Gasteiger partial charge is 0.162 e. The van der Waals surface area contributed by atoms with Crippen molar-refractivity contribution in [2.75, 3.05) is 7.11 Å². The van der Waals surface area contributed by atoms with Crippen molar-refractivity contribution in [3.63, 3.8) is 0 Å². The number of rotatable bonds is 4. The summed E-state index contributed by atoms with van der Waals surface area (Å²) in [4.78, 5) is 5.48. The topological polar surface area (TPSA) is 61.3 Å². The highest BCUT2D eigenvalue weighted by molar-refractivity contribution is 7.15. The second-order valence-electron chi connectivity index (χ2n) is 3.00. The quantitative estimate of drug-likeness (QED) is 0.863. The predicted octanol–water partition coefficient (Wildman–Crippen LogP) is 2.01. The Kier molecular flexibility index (Phi) is 3.15. The Labute approximate surface area is 91.7 Å². The minimum atomic E-state index is 0.483. The Hall–Kier alpha value is -1.17. The summed E-state index contributed by atoms with van der Waals surface area (Å²) in [5, 5.41) is 0.854. The third kappa shape index (κ3) is 2.09. The average Bonchev–Trinajstić information content (AvgIpc) is 2.84. The molecular weight excluding hydrogens is 212 g/mol. The minimum absolute atomic E-state index is 0.483. The first-order chi connectivity index (χ1) is 7.35. The molecule has 0 radical (unpaired) electrons. The van der Waals surface area contributed by atoms with Crippen molar-refractivity contribution >= 4 is 11.3 Å². The van der Waals surface area contributed by atoms with Crippen molar-refractivity contribution in [3.05, 3.63) is 29.0 Å². The van der Waals surface area contributed by atoms with Crippen LogP contribution in [0.15, 0.2) is 22.8 Å². The fourth-order valence-corrected chi connectivity index (χ4v) is 2.21. The van der Waals surface area contributed by atoms with Gasteiger partial charge in [0.15, 0.2) is 10.8 Å². The predicted molar refractivity (Wildman–Crippen MR) is 58.4 cm³/mol. The van der Waals surface area contributed by atoms with Crippen LogP contribution >= 0.6 is 11.3 Å². The summed E-state index contributed by atoms with van der Waals surface area (Å²) in [5.41, 5.74) is 6.53. The van der Waals surface area contributed by atoms with Gasteiger partial charge < -0.3 is 14.9 Å². The standard InChI is InChI=1S/C10H12N2O2S/c1-13-6-7-9(5-11)15-10(12-7)8-3-2-4-14-8/h2-4H,5-6,11H2,1H3. The first-order valence-electron chi connectivity index (χ1n) is 4.56. The first kappa shape index (κ1) is 10.4. The summed E-state index contributed by atoms with van der Waals surface area (Å²) >= 11 is 1.55. The molecule has 0 spiro atoms. The van der Waals surface area contributed by atoms with E-state index in [4.69, 9.17) is 14.9 Å². The van der Waals surface area contributed by atoms with E-state index in [9.17, 15) is 0 Å². The average molecular weight is 224 g/mol. The van der Waals surface area contributed by atoms with E-state index in [1.807, 2.05) is 12.1 Å². The molecule has 0 bridgehead atoms. The molecule has 0 saturated carbocycles. The van der Waals surface area contributed by atoms with E-state index in [1.165, 1.54) is 0 Å². The lowest BCUT2D eigenvalue weighted by atomic mass is 10.4. The van der Waals surface area contributed by atoms with Gasteiger partial charge in [-0.3, -0.25) is 0 Å². The molecule has 0 atom stereocenters. The van der Waals surface area contributed by atoms with Crippen LogP contribution in [0, 0.1) is 0 Å². The van der Waals surface area contributed by atoms with Gasteiger partial charge >= 0.3 is 0 Å². The zero-order valence-electron chi connectivity index (χ0n) is 8.40. The summed E-state index contributed by atoms with van der Waals surface area (Å²) in [6.07, 6.45) is 1.63. The first-order valence-corrected chi connectivity index (χ1v) is 5.38. The summed E-state index contributed by atoms with van der Waals surface area (Å²) in [7, 11) is 1.65. The molecule has 2 aromatic rings. The zero-order valence-corrected chi connectivity index (χ0v) is 9.21. The highest BCUT2D eigenvalue weighted by Gasteiger charge is 2.12. The Morgan fingerprint density at radius 3 is 3.07 bits per heavy atom. The number of hydrogen-bond donors (Lipinski definition) is 1. The molecule has 0 aliphatic heterocycles. The molecular formula is C10H12N2O2S. The fourth-order valence-electron chi connectivity index (χ4n) is 1.30. The molecule has 2 heterocycles. The van der Waals surface area contributed by atoms with Crippen LogP contribution in [0.3, 0.4) is 0 Å². The molecule has 0 amide bonds. The van der Waals surface area contributed by atoms with Gasteiger partial charge in [-0.25, -0.2) is 4.98 Å². The molecule has 5 heteroatoms. The van der Waals surface area contributed by atoms with E-state index in [0.717, 1.165) is 21.3 Å². The third-order valence-electron chi connectivity index (χ3n) is 1.98. The Morgan fingerprint density at radius 1 is 1.60 bits per heavy atom. The Bertz CT molecular complexity index is 423. The van der Waals surface area contributed by atoms with Crippen LogP contribution in [-0.4, -0.2) is 12.1 Å². The van der Waals surface area contributed by atoms with Crippen LogP contribution in [0.5, 0.6) is 0 Å². The number of ether oxygens (including phenoxy) is 1. The number of nitrogens with zero attached hydrogens (tertiary/aromatic N) is 1. The third-order valence-corrected chi connectivity index (χ3v) is 3.11. The van der Waals surface area contributed by atoms with Gasteiger partial charge in [0.05, 0.1) is 18.6 Å². The molecule has 0 fully saturated rings. The number of furan rings is 1. The number of hydrogen-bond acceptors (Lipinski definition) is 5. The van der Waals surface area contributed by atoms with Crippen molar-refractivity contribution < 1.29 is 9.15 Å². The second-order valence-corrected chi connectivity index (χ2v) is 4.09. The van der Waals surface area contributed by atoms with Gasteiger partial charge in [0.2, 0.25) is 0 Å². The molecule has 2 aromatic heterocycles. The van der Waals surface area contributed by atoms with E-state index in [0.29, 0.717) is 13.2 Å². The van der Waals surface area contributed by atoms with Crippen LogP contribution in [0.25, 0.3) is 10.8 Å². The van der Waals surface area contributed by atoms with Crippen molar-refractivity contribution in [1.82, 2.24) is 4.98 Å². The highest BCUT2D eigenvalue weighted by Crippen LogP contribution is 2.28. The van der Waals surface area contributed by atoms with E-state index >= 15 is 0 Å². The minimum Gasteiger partial charge on any atom is -0.462 e. The molecule has 80 valence electrons. The monoisotopic (exact) mass is 224 g/mol. The van der Waals surface area contributed by atoms with Crippen molar-refractivity contribution in [1.29, 1.82) is 0 Å². The lowest BCUT2D eigenvalue weighted by molar-refractivity contribution is 0.181. The van der Waals surface area contributed by atoms with E-state index in [1.54, 1.807) is 24.7 Å². The maximum atomic E-state index is 5.63. The fraction of sp³-hybridized carbons (Fsp3) is 0.300. The molecule has 0 unspecified atom stereocenters. The lowest BCUT2D eigenvalue weighted by Gasteiger charge is -1.95. The second kappa shape index (κ2) is 4.57. The van der Waals surface area contributed by atoms with Gasteiger partial charge in [-0.2, -0.15) is 0 Å². The molecule has 0 saturated heterocycles. The van der Waals surface area contributed by atoms with Crippen LogP contribution in [-0.2, 0) is 17.9 Å². The van der Waals surface area contributed by atoms with Crippen LogP contribution < -0.4 is 5.73 Å². The Balaban J connectivity index is 2.34. The summed E-state index contributed by atoms with van der Waals surface area (Å²) < 4.78 is 10.3.